The van der Waals surface area contributed by atoms with Gasteiger partial charge in [0.15, 0.2) is 0 Å². The van der Waals surface area contributed by atoms with Crippen molar-refractivity contribution in [3.63, 3.8) is 0 Å². The largest absolute Gasteiger partial charge is 0.466 e. The van der Waals surface area contributed by atoms with Gasteiger partial charge in [-0.15, -0.1) is 0 Å². The number of rotatable bonds is 8. The fourth-order valence-electron chi connectivity index (χ4n) is 2.00. The minimum Gasteiger partial charge on any atom is -0.466 e. The van der Waals surface area contributed by atoms with Crippen molar-refractivity contribution < 1.29 is 9.15 Å². The highest BCUT2D eigenvalue weighted by molar-refractivity contribution is 5.23. The van der Waals surface area contributed by atoms with Gasteiger partial charge in [0, 0.05) is 24.8 Å². The van der Waals surface area contributed by atoms with E-state index in [2.05, 4.69) is 32.2 Å². The first-order valence-electron chi connectivity index (χ1n) is 6.88. The summed E-state index contributed by atoms with van der Waals surface area (Å²) in [6.07, 6.45) is 1.05. The molecule has 0 saturated heterocycles. The van der Waals surface area contributed by atoms with Crippen LogP contribution in [-0.4, -0.2) is 19.8 Å². The van der Waals surface area contributed by atoms with Gasteiger partial charge in [-0.25, -0.2) is 0 Å². The summed E-state index contributed by atoms with van der Waals surface area (Å²) in [5, 5.41) is 3.50. The molecule has 0 saturated carbocycles. The van der Waals surface area contributed by atoms with Crippen LogP contribution in [0.2, 0.25) is 0 Å². The van der Waals surface area contributed by atoms with Crippen LogP contribution in [0.15, 0.2) is 10.5 Å². The third-order valence-corrected chi connectivity index (χ3v) is 2.91. The lowest BCUT2D eigenvalue weighted by molar-refractivity contribution is 0.107. The van der Waals surface area contributed by atoms with Crippen LogP contribution >= 0.6 is 0 Å². The van der Waals surface area contributed by atoms with E-state index in [4.69, 9.17) is 9.15 Å². The Morgan fingerprint density at radius 1 is 1.28 bits per heavy atom. The van der Waals surface area contributed by atoms with Crippen LogP contribution in [0.3, 0.4) is 0 Å². The maximum Gasteiger partial charge on any atom is 0.105 e. The first-order chi connectivity index (χ1) is 8.50. The summed E-state index contributed by atoms with van der Waals surface area (Å²) < 4.78 is 11.1. The van der Waals surface area contributed by atoms with Gasteiger partial charge in [0.2, 0.25) is 0 Å². The zero-order valence-electron chi connectivity index (χ0n) is 12.4. The number of hydrogen-bond donors (Lipinski definition) is 1. The van der Waals surface area contributed by atoms with Gasteiger partial charge >= 0.3 is 0 Å². The molecule has 3 heteroatoms. The maximum atomic E-state index is 5.55. The van der Waals surface area contributed by atoms with Gasteiger partial charge in [0.05, 0.1) is 0 Å². The molecule has 0 aliphatic heterocycles. The quantitative estimate of drug-likeness (QED) is 0.719. The SMILES string of the molecule is Cc1cc(C(C)NCCCOCC(C)C)c(C)o1. The highest BCUT2D eigenvalue weighted by atomic mass is 16.5. The van der Waals surface area contributed by atoms with Gasteiger partial charge in [0.25, 0.3) is 0 Å². The zero-order valence-corrected chi connectivity index (χ0v) is 12.4. The van der Waals surface area contributed by atoms with Gasteiger partial charge in [-0.05, 0) is 45.7 Å². The van der Waals surface area contributed by atoms with E-state index in [1.165, 1.54) is 5.56 Å². The van der Waals surface area contributed by atoms with Gasteiger partial charge in [-0.1, -0.05) is 13.8 Å². The lowest BCUT2D eigenvalue weighted by Gasteiger charge is -2.13. The molecule has 0 bridgehead atoms. The number of nitrogens with one attached hydrogen (secondary N) is 1. The third-order valence-electron chi connectivity index (χ3n) is 2.91. The molecular weight excluding hydrogens is 226 g/mol. The van der Waals surface area contributed by atoms with Crippen LogP contribution in [-0.2, 0) is 4.74 Å². The summed E-state index contributed by atoms with van der Waals surface area (Å²) in [6.45, 7) is 13.2. The van der Waals surface area contributed by atoms with Crippen molar-refractivity contribution in [1.82, 2.24) is 5.32 Å². The maximum absolute atomic E-state index is 5.55. The Kier molecular flexibility index (Phi) is 6.44. The fraction of sp³-hybridized carbons (Fsp3) is 0.733. The first-order valence-corrected chi connectivity index (χ1v) is 6.88. The van der Waals surface area contributed by atoms with Crippen molar-refractivity contribution >= 4 is 0 Å². The Balaban J connectivity index is 2.17. The van der Waals surface area contributed by atoms with Crippen LogP contribution < -0.4 is 5.32 Å². The Hall–Kier alpha value is -0.800. The molecule has 1 N–H and O–H groups in total. The van der Waals surface area contributed by atoms with Gasteiger partial charge in [-0.3, -0.25) is 0 Å². The van der Waals surface area contributed by atoms with Crippen LogP contribution in [0.25, 0.3) is 0 Å². The normalized spacial score (nSPS) is 13.2. The Labute approximate surface area is 111 Å². The molecular formula is C15H27NO2. The summed E-state index contributed by atoms with van der Waals surface area (Å²) >= 11 is 0. The molecule has 3 nitrogen and oxygen atoms in total. The molecule has 0 aliphatic carbocycles. The summed E-state index contributed by atoms with van der Waals surface area (Å²) in [6, 6.07) is 2.45. The van der Waals surface area contributed by atoms with Crippen LogP contribution in [0.1, 0.15) is 50.3 Å². The average Bonchev–Trinajstić information content (AvgIpc) is 2.62. The van der Waals surface area contributed by atoms with Crippen molar-refractivity contribution in [1.29, 1.82) is 0 Å². The third kappa shape index (κ3) is 5.23. The van der Waals surface area contributed by atoms with E-state index in [0.717, 1.165) is 37.7 Å². The van der Waals surface area contributed by atoms with E-state index >= 15 is 0 Å². The minimum atomic E-state index is 0.340. The second kappa shape index (κ2) is 7.59. The van der Waals surface area contributed by atoms with E-state index < -0.39 is 0 Å². The van der Waals surface area contributed by atoms with Gasteiger partial charge in [-0.2, -0.15) is 0 Å². The molecule has 0 aromatic carbocycles. The summed E-state index contributed by atoms with van der Waals surface area (Å²) in [5.74, 6) is 2.62. The molecule has 1 aromatic rings. The second-order valence-corrected chi connectivity index (χ2v) is 5.37. The van der Waals surface area contributed by atoms with Crippen LogP contribution in [0, 0.1) is 19.8 Å². The van der Waals surface area contributed by atoms with E-state index in [0.29, 0.717) is 12.0 Å². The van der Waals surface area contributed by atoms with Crippen LogP contribution in [0.4, 0.5) is 0 Å². The molecule has 18 heavy (non-hydrogen) atoms. The molecule has 0 amide bonds. The summed E-state index contributed by atoms with van der Waals surface area (Å²) in [7, 11) is 0. The van der Waals surface area contributed by atoms with Crippen molar-refractivity contribution in [3.05, 3.63) is 23.2 Å². The number of aryl methyl sites for hydroxylation is 2. The lowest BCUT2D eigenvalue weighted by atomic mass is 10.1. The van der Waals surface area contributed by atoms with Crippen molar-refractivity contribution in [3.8, 4) is 0 Å². The fourth-order valence-corrected chi connectivity index (χ4v) is 2.00. The molecule has 0 spiro atoms. The first kappa shape index (κ1) is 15.3. The monoisotopic (exact) mass is 253 g/mol. The predicted octanol–water partition coefficient (Wildman–Crippen LogP) is 3.61. The Bertz CT molecular complexity index is 344. The molecule has 0 aliphatic rings. The predicted molar refractivity (Wildman–Crippen MR) is 74.9 cm³/mol. The molecule has 0 fully saturated rings. The average molecular weight is 253 g/mol. The molecule has 1 aromatic heterocycles. The highest BCUT2D eigenvalue weighted by Crippen LogP contribution is 2.20. The topological polar surface area (TPSA) is 34.4 Å². The second-order valence-electron chi connectivity index (χ2n) is 5.37. The van der Waals surface area contributed by atoms with Gasteiger partial charge < -0.3 is 14.5 Å². The summed E-state index contributed by atoms with van der Waals surface area (Å²) in [4.78, 5) is 0. The molecule has 1 rings (SSSR count). The standard InChI is InChI=1S/C15H27NO2/c1-11(2)10-17-8-6-7-16-13(4)15-9-12(3)18-14(15)5/h9,11,13,16H,6-8,10H2,1-5H3. The van der Waals surface area contributed by atoms with Gasteiger partial charge in [0.1, 0.15) is 11.5 Å². The Morgan fingerprint density at radius 3 is 2.56 bits per heavy atom. The number of furan rings is 1. The lowest BCUT2D eigenvalue weighted by Crippen LogP contribution is -2.21. The summed E-state index contributed by atoms with van der Waals surface area (Å²) in [5.41, 5.74) is 1.26. The molecule has 104 valence electrons. The van der Waals surface area contributed by atoms with Crippen molar-refractivity contribution in [2.75, 3.05) is 19.8 Å². The zero-order chi connectivity index (χ0) is 13.5. The van der Waals surface area contributed by atoms with Crippen LogP contribution in [0.5, 0.6) is 0 Å². The van der Waals surface area contributed by atoms with E-state index in [-0.39, 0.29) is 0 Å². The number of hydrogen-bond acceptors (Lipinski definition) is 3. The molecule has 1 heterocycles. The van der Waals surface area contributed by atoms with E-state index in [1.54, 1.807) is 0 Å². The molecule has 1 unspecified atom stereocenters. The molecule has 1 atom stereocenters. The highest BCUT2D eigenvalue weighted by Gasteiger charge is 2.11. The number of ether oxygens (including phenoxy) is 1. The van der Waals surface area contributed by atoms with E-state index in [1.807, 2.05) is 13.8 Å². The van der Waals surface area contributed by atoms with E-state index in [9.17, 15) is 0 Å². The Morgan fingerprint density at radius 2 is 2.00 bits per heavy atom. The minimum absolute atomic E-state index is 0.340. The van der Waals surface area contributed by atoms with Crippen molar-refractivity contribution in [2.45, 2.75) is 47.1 Å². The molecule has 0 radical (unpaired) electrons. The van der Waals surface area contributed by atoms with Crippen molar-refractivity contribution in [2.24, 2.45) is 5.92 Å². The smallest absolute Gasteiger partial charge is 0.105 e.